The van der Waals surface area contributed by atoms with E-state index < -0.39 is 55.3 Å². The van der Waals surface area contributed by atoms with Crippen LogP contribution in [0.3, 0.4) is 0 Å². The first-order valence-electron chi connectivity index (χ1n) is 11.5. The molecular formula is C28H25FO8. The number of rotatable bonds is 8. The Morgan fingerprint density at radius 1 is 0.703 bits per heavy atom. The average molecular weight is 508 g/mol. The molecule has 1 aliphatic rings. The van der Waals surface area contributed by atoms with E-state index in [1.54, 1.807) is 66.7 Å². The quantitative estimate of drug-likeness (QED) is 0.333. The van der Waals surface area contributed by atoms with Crippen molar-refractivity contribution >= 4 is 17.9 Å². The Hall–Kier alpha value is -4.08. The standard InChI is InChI=1S/C28H25FO8/c1-33-28-24(37-27(32)20-15-9-4-10-16-20)23(36-26(31)19-13-7-3-8-14-19)22(29)21(35-28)17-34-25(30)18-11-5-2-6-12-18/h2-16,21-24,28H,17H2,1H3/t21-,22-,23+,24+,28+/m0/s1. The van der Waals surface area contributed by atoms with Crippen LogP contribution >= 0.6 is 0 Å². The number of benzene rings is 3. The summed E-state index contributed by atoms with van der Waals surface area (Å²) in [6, 6.07) is 24.2. The number of hydrogen-bond donors (Lipinski definition) is 0. The molecule has 1 saturated heterocycles. The van der Waals surface area contributed by atoms with E-state index in [0.717, 1.165) is 0 Å². The van der Waals surface area contributed by atoms with Crippen molar-refractivity contribution in [1.29, 1.82) is 0 Å². The SMILES string of the molecule is CO[C@@H]1O[C@@H](COC(=O)c2ccccc2)[C@H](F)[C@@H](OC(=O)c2ccccc2)[C@H]1OC(=O)c1ccccc1. The molecule has 37 heavy (non-hydrogen) atoms. The first kappa shape index (κ1) is 26.0. The Labute approximate surface area is 212 Å². The molecular weight excluding hydrogens is 483 g/mol. The molecule has 9 heteroatoms. The van der Waals surface area contributed by atoms with Crippen LogP contribution in [0.5, 0.6) is 0 Å². The molecule has 0 N–H and O–H groups in total. The third-order valence-electron chi connectivity index (χ3n) is 5.70. The van der Waals surface area contributed by atoms with E-state index in [9.17, 15) is 14.4 Å². The van der Waals surface area contributed by atoms with Crippen molar-refractivity contribution in [1.82, 2.24) is 0 Å². The van der Waals surface area contributed by atoms with E-state index >= 15 is 4.39 Å². The van der Waals surface area contributed by atoms with Gasteiger partial charge in [0.25, 0.3) is 0 Å². The minimum absolute atomic E-state index is 0.176. The highest BCUT2D eigenvalue weighted by molar-refractivity contribution is 5.90. The summed E-state index contributed by atoms with van der Waals surface area (Å²) in [5.74, 6) is -2.29. The molecule has 1 aliphatic heterocycles. The van der Waals surface area contributed by atoms with Gasteiger partial charge in [0.2, 0.25) is 0 Å². The van der Waals surface area contributed by atoms with Crippen molar-refractivity contribution in [2.75, 3.05) is 13.7 Å². The fourth-order valence-corrected chi connectivity index (χ4v) is 3.80. The van der Waals surface area contributed by atoms with Gasteiger partial charge < -0.3 is 23.7 Å². The van der Waals surface area contributed by atoms with Gasteiger partial charge in [0.15, 0.2) is 24.7 Å². The van der Waals surface area contributed by atoms with Gasteiger partial charge in [-0.05, 0) is 36.4 Å². The van der Waals surface area contributed by atoms with Gasteiger partial charge >= 0.3 is 17.9 Å². The Morgan fingerprint density at radius 2 is 1.14 bits per heavy atom. The first-order chi connectivity index (χ1) is 18.0. The van der Waals surface area contributed by atoms with Crippen molar-refractivity contribution in [2.45, 2.75) is 30.8 Å². The van der Waals surface area contributed by atoms with Crippen LogP contribution in [0.4, 0.5) is 4.39 Å². The van der Waals surface area contributed by atoms with Crippen molar-refractivity contribution in [3.05, 3.63) is 108 Å². The normalized spacial score (nSPS) is 23.0. The van der Waals surface area contributed by atoms with Crippen LogP contribution < -0.4 is 0 Å². The highest BCUT2D eigenvalue weighted by atomic mass is 19.1. The summed E-state index contributed by atoms with van der Waals surface area (Å²) in [6.07, 6.45) is -7.75. The third-order valence-corrected chi connectivity index (χ3v) is 5.70. The predicted molar refractivity (Wildman–Crippen MR) is 129 cm³/mol. The summed E-state index contributed by atoms with van der Waals surface area (Å²) in [5.41, 5.74) is 0.661. The van der Waals surface area contributed by atoms with Gasteiger partial charge in [-0.1, -0.05) is 54.6 Å². The molecule has 8 nitrogen and oxygen atoms in total. The maximum absolute atomic E-state index is 15.8. The monoisotopic (exact) mass is 508 g/mol. The molecule has 1 fully saturated rings. The van der Waals surface area contributed by atoms with Crippen LogP contribution in [0.1, 0.15) is 31.1 Å². The number of halogens is 1. The molecule has 192 valence electrons. The van der Waals surface area contributed by atoms with E-state index in [4.69, 9.17) is 23.7 Å². The van der Waals surface area contributed by atoms with E-state index in [0.29, 0.717) is 0 Å². The minimum Gasteiger partial charge on any atom is -0.459 e. The fraction of sp³-hybridized carbons (Fsp3) is 0.250. The first-order valence-corrected chi connectivity index (χ1v) is 11.5. The highest BCUT2D eigenvalue weighted by Gasteiger charge is 2.51. The van der Waals surface area contributed by atoms with Crippen LogP contribution in [0, 0.1) is 0 Å². The minimum atomic E-state index is -2.02. The van der Waals surface area contributed by atoms with Gasteiger partial charge in [-0.3, -0.25) is 0 Å². The molecule has 0 aromatic heterocycles. The molecule has 0 aliphatic carbocycles. The summed E-state index contributed by atoms with van der Waals surface area (Å²) >= 11 is 0. The zero-order valence-electron chi connectivity index (χ0n) is 19.9. The molecule has 0 unspecified atom stereocenters. The smallest absolute Gasteiger partial charge is 0.338 e. The molecule has 0 spiro atoms. The number of carbonyl (C=O) groups excluding carboxylic acids is 3. The molecule has 4 rings (SSSR count). The lowest BCUT2D eigenvalue weighted by atomic mass is 9.99. The lowest BCUT2D eigenvalue weighted by Crippen LogP contribution is -2.60. The maximum Gasteiger partial charge on any atom is 0.338 e. The largest absolute Gasteiger partial charge is 0.459 e. The Kier molecular flexibility index (Phi) is 8.60. The topological polar surface area (TPSA) is 97.4 Å². The van der Waals surface area contributed by atoms with Crippen LogP contribution in [-0.4, -0.2) is 62.4 Å². The van der Waals surface area contributed by atoms with E-state index in [2.05, 4.69) is 0 Å². The molecule has 3 aromatic carbocycles. The second-order valence-electron chi connectivity index (χ2n) is 8.16. The van der Waals surface area contributed by atoms with Gasteiger partial charge in [0.05, 0.1) is 16.7 Å². The van der Waals surface area contributed by atoms with E-state index in [1.165, 1.54) is 31.4 Å². The zero-order chi connectivity index (χ0) is 26.2. The molecule has 0 saturated carbocycles. The van der Waals surface area contributed by atoms with Gasteiger partial charge in [-0.25, -0.2) is 18.8 Å². The fourth-order valence-electron chi connectivity index (χ4n) is 3.80. The van der Waals surface area contributed by atoms with Gasteiger partial charge in [0, 0.05) is 7.11 Å². The highest BCUT2D eigenvalue weighted by Crippen LogP contribution is 2.30. The number of alkyl halides is 1. The summed E-state index contributed by atoms with van der Waals surface area (Å²) in [4.78, 5) is 38.0. The van der Waals surface area contributed by atoms with Crippen molar-refractivity contribution in [2.24, 2.45) is 0 Å². The van der Waals surface area contributed by atoms with Crippen LogP contribution in [0.15, 0.2) is 91.0 Å². The molecule has 1 heterocycles. The molecule has 3 aromatic rings. The Morgan fingerprint density at radius 3 is 1.59 bits per heavy atom. The van der Waals surface area contributed by atoms with Crippen LogP contribution in [0.25, 0.3) is 0 Å². The maximum atomic E-state index is 15.8. The second-order valence-corrected chi connectivity index (χ2v) is 8.16. The van der Waals surface area contributed by atoms with Gasteiger partial charge in [0.1, 0.15) is 12.7 Å². The third kappa shape index (κ3) is 6.38. The molecule has 0 bridgehead atoms. The van der Waals surface area contributed by atoms with Crippen LogP contribution in [0.2, 0.25) is 0 Å². The number of hydrogen-bond acceptors (Lipinski definition) is 8. The van der Waals surface area contributed by atoms with Crippen LogP contribution in [-0.2, 0) is 23.7 Å². The van der Waals surface area contributed by atoms with Crippen molar-refractivity contribution in [3.63, 3.8) is 0 Å². The lowest BCUT2D eigenvalue weighted by molar-refractivity contribution is -0.282. The lowest BCUT2D eigenvalue weighted by Gasteiger charge is -2.41. The number of esters is 3. The van der Waals surface area contributed by atoms with Gasteiger partial charge in [-0.2, -0.15) is 0 Å². The van der Waals surface area contributed by atoms with E-state index in [-0.39, 0.29) is 16.7 Å². The second kappa shape index (κ2) is 12.2. The summed E-state index contributed by atoms with van der Waals surface area (Å²) in [5, 5.41) is 0. The zero-order valence-corrected chi connectivity index (χ0v) is 19.9. The van der Waals surface area contributed by atoms with Crippen molar-refractivity contribution < 1.29 is 42.5 Å². The number of carbonyl (C=O) groups is 3. The molecule has 0 amide bonds. The van der Waals surface area contributed by atoms with E-state index in [1.807, 2.05) is 0 Å². The summed E-state index contributed by atoms with van der Waals surface area (Å²) in [7, 11) is 1.27. The Bertz CT molecular complexity index is 1190. The van der Waals surface area contributed by atoms with Crippen molar-refractivity contribution in [3.8, 4) is 0 Å². The average Bonchev–Trinajstić information content (AvgIpc) is 2.95. The molecule has 5 atom stereocenters. The predicted octanol–water partition coefficient (Wildman–Crippen LogP) is 4.00. The summed E-state index contributed by atoms with van der Waals surface area (Å²) in [6.45, 7) is -0.493. The number of methoxy groups -OCH3 is 1. The summed E-state index contributed by atoms with van der Waals surface area (Å²) < 4.78 is 43.1. The van der Waals surface area contributed by atoms with Gasteiger partial charge in [-0.15, -0.1) is 0 Å². The Balaban J connectivity index is 1.55. The number of ether oxygens (including phenoxy) is 5. The molecule has 0 radical (unpaired) electrons.